The minimum Gasteiger partial charge on any atom is -0.498 e. The van der Waals surface area contributed by atoms with Gasteiger partial charge >= 0.3 is 11.9 Å². The number of rotatable bonds is 5. The standard InChI is InChI=1S/C40H56O8/c1-22-11-14-36(3)17-18-38(5)25(32(36)23(22)2)21-27(42)34-37(4)15-13-30(40(7,35(45)46)29(37)12-16-39(34,38)6)48-31(43)10-9-24-19-26(41)33(44)28(20-24)47-8/h9-10,19-23,26,29-30,32-34,41,44H,11-18H2,1-8H3,(H,45,46)/b10-9+/t22-,23+,26?,29?,30-,32?,33?,34?,36-,37+,38-,39-,40-/m1/s1. The van der Waals surface area contributed by atoms with Gasteiger partial charge in [0.05, 0.1) is 7.11 Å². The highest BCUT2D eigenvalue weighted by Crippen LogP contribution is 2.75. The van der Waals surface area contributed by atoms with Crippen molar-refractivity contribution in [2.24, 2.45) is 56.7 Å². The summed E-state index contributed by atoms with van der Waals surface area (Å²) in [5.74, 6) is -0.515. The number of allylic oxidation sites excluding steroid dienone is 5. The van der Waals surface area contributed by atoms with Gasteiger partial charge in [0.2, 0.25) is 0 Å². The van der Waals surface area contributed by atoms with Crippen molar-refractivity contribution in [3.63, 3.8) is 0 Å². The quantitative estimate of drug-likeness (QED) is 0.222. The average Bonchev–Trinajstić information content (AvgIpc) is 3.02. The smallest absolute Gasteiger partial charge is 0.331 e. The van der Waals surface area contributed by atoms with Crippen LogP contribution in [0.4, 0.5) is 0 Å². The summed E-state index contributed by atoms with van der Waals surface area (Å²) >= 11 is 0. The van der Waals surface area contributed by atoms with Crippen LogP contribution in [0.15, 0.2) is 47.3 Å². The lowest BCUT2D eigenvalue weighted by molar-refractivity contribution is -0.220. The molecule has 0 spiro atoms. The molecular weight excluding hydrogens is 608 g/mol. The van der Waals surface area contributed by atoms with E-state index >= 15 is 0 Å². The fourth-order valence-corrected chi connectivity index (χ4v) is 12.2. The third-order valence-electron chi connectivity index (χ3n) is 15.4. The number of carbonyl (C=O) groups excluding carboxylic acids is 2. The number of hydrogen-bond donors (Lipinski definition) is 3. The number of aliphatic carboxylic acids is 1. The SMILES string of the molecule is COC1=CC(/C=C/C(=O)O[C@@H]2CC[C@@]3(C)C(CC[C@]4(C)C3C(=O)C=C3C5[C@@H](C)[C@H](C)CC[C@]5(C)CC[C@]34C)[C@@]2(C)C(=O)O)=CC(O)C1O. The highest BCUT2D eigenvalue weighted by atomic mass is 16.5. The van der Waals surface area contributed by atoms with Gasteiger partial charge in [-0.3, -0.25) is 9.59 Å². The molecule has 4 saturated carbocycles. The van der Waals surface area contributed by atoms with Gasteiger partial charge in [0, 0.05) is 12.0 Å². The first-order valence-electron chi connectivity index (χ1n) is 18.1. The van der Waals surface area contributed by atoms with Crippen molar-refractivity contribution >= 4 is 17.7 Å². The highest BCUT2D eigenvalue weighted by molar-refractivity contribution is 5.96. The van der Waals surface area contributed by atoms with Crippen molar-refractivity contribution in [1.82, 2.24) is 0 Å². The fourth-order valence-electron chi connectivity index (χ4n) is 12.2. The van der Waals surface area contributed by atoms with Crippen LogP contribution in [0, 0.1) is 56.7 Å². The van der Waals surface area contributed by atoms with Gasteiger partial charge in [-0.05, 0) is 133 Å². The van der Waals surface area contributed by atoms with E-state index in [0.29, 0.717) is 42.6 Å². The molecule has 8 heteroatoms. The molecule has 0 aromatic rings. The van der Waals surface area contributed by atoms with E-state index in [-0.39, 0.29) is 39.6 Å². The van der Waals surface area contributed by atoms with E-state index < -0.39 is 41.1 Å². The van der Waals surface area contributed by atoms with Gasteiger partial charge in [-0.15, -0.1) is 0 Å². The Morgan fingerprint density at radius 1 is 0.938 bits per heavy atom. The number of ketones is 1. The molecule has 6 aliphatic rings. The molecule has 0 heterocycles. The van der Waals surface area contributed by atoms with Gasteiger partial charge in [0.1, 0.15) is 29.5 Å². The Morgan fingerprint density at radius 2 is 1.65 bits per heavy atom. The van der Waals surface area contributed by atoms with E-state index in [1.54, 1.807) is 6.92 Å². The third-order valence-corrected chi connectivity index (χ3v) is 15.4. The minimum absolute atomic E-state index is 0.142. The predicted octanol–water partition coefficient (Wildman–Crippen LogP) is 6.57. The second kappa shape index (κ2) is 11.7. The fraction of sp³-hybridized carbons (Fsp3) is 0.725. The largest absolute Gasteiger partial charge is 0.498 e. The lowest BCUT2D eigenvalue weighted by Gasteiger charge is -2.70. The van der Waals surface area contributed by atoms with E-state index in [1.165, 1.54) is 49.8 Å². The summed E-state index contributed by atoms with van der Waals surface area (Å²) < 4.78 is 11.1. The minimum atomic E-state index is -1.38. The molecule has 0 aromatic heterocycles. The Morgan fingerprint density at radius 3 is 2.31 bits per heavy atom. The monoisotopic (exact) mass is 664 g/mol. The number of aliphatic hydroxyl groups excluding tert-OH is 2. The van der Waals surface area contributed by atoms with Crippen LogP contribution in [0.2, 0.25) is 0 Å². The van der Waals surface area contributed by atoms with E-state index in [0.717, 1.165) is 19.3 Å². The summed E-state index contributed by atoms with van der Waals surface area (Å²) in [6, 6.07) is 0. The van der Waals surface area contributed by atoms with Gasteiger partial charge in [0.15, 0.2) is 5.78 Å². The molecule has 48 heavy (non-hydrogen) atoms. The second-order valence-corrected chi connectivity index (χ2v) is 17.5. The second-order valence-electron chi connectivity index (χ2n) is 17.5. The molecule has 0 saturated heterocycles. The Balaban J connectivity index is 1.30. The van der Waals surface area contributed by atoms with E-state index in [1.807, 2.05) is 6.08 Å². The molecule has 5 unspecified atom stereocenters. The lowest BCUT2D eigenvalue weighted by Crippen LogP contribution is -2.68. The summed E-state index contributed by atoms with van der Waals surface area (Å²) in [5.41, 5.74) is -0.365. The Hall–Kier alpha value is -2.71. The average molecular weight is 665 g/mol. The maximum Gasteiger partial charge on any atom is 0.331 e. The number of carboxylic acid groups (broad SMARTS) is 1. The van der Waals surface area contributed by atoms with Crippen molar-refractivity contribution in [3.05, 3.63) is 47.3 Å². The first-order valence-corrected chi connectivity index (χ1v) is 18.1. The highest BCUT2D eigenvalue weighted by Gasteiger charge is 2.72. The van der Waals surface area contributed by atoms with Crippen LogP contribution >= 0.6 is 0 Å². The Bertz CT molecular complexity index is 1510. The molecule has 4 fully saturated rings. The van der Waals surface area contributed by atoms with Gasteiger partial charge < -0.3 is 24.8 Å². The molecule has 6 rings (SSSR count). The molecule has 0 amide bonds. The summed E-state index contributed by atoms with van der Waals surface area (Å²) in [4.78, 5) is 41.1. The molecular formula is C40H56O8. The van der Waals surface area contributed by atoms with E-state index in [9.17, 15) is 29.7 Å². The van der Waals surface area contributed by atoms with Crippen LogP contribution in [0.1, 0.15) is 99.8 Å². The van der Waals surface area contributed by atoms with Crippen LogP contribution < -0.4 is 0 Å². The first kappa shape index (κ1) is 35.1. The van der Waals surface area contributed by atoms with E-state index in [2.05, 4.69) is 41.5 Å². The number of fused-ring (bicyclic) bond motifs is 7. The number of methoxy groups -OCH3 is 1. The number of aliphatic hydroxyl groups is 2. The van der Waals surface area contributed by atoms with E-state index in [4.69, 9.17) is 9.47 Å². The molecule has 0 aliphatic heterocycles. The van der Waals surface area contributed by atoms with Gasteiger partial charge in [-0.1, -0.05) is 47.1 Å². The summed E-state index contributed by atoms with van der Waals surface area (Å²) in [5, 5.41) is 31.0. The maximum atomic E-state index is 14.7. The van der Waals surface area contributed by atoms with Crippen LogP contribution in [0.5, 0.6) is 0 Å². The molecule has 264 valence electrons. The number of carboxylic acids is 1. The molecule has 3 N–H and O–H groups in total. The van der Waals surface area contributed by atoms with Crippen molar-refractivity contribution in [1.29, 1.82) is 0 Å². The van der Waals surface area contributed by atoms with Crippen molar-refractivity contribution < 1.29 is 39.2 Å². The molecule has 0 bridgehead atoms. The number of ether oxygens (including phenoxy) is 2. The maximum absolute atomic E-state index is 14.7. The van der Waals surface area contributed by atoms with Gasteiger partial charge in [-0.25, -0.2) is 4.79 Å². The number of hydrogen-bond acceptors (Lipinski definition) is 7. The van der Waals surface area contributed by atoms with Gasteiger partial charge in [-0.2, -0.15) is 0 Å². The molecule has 8 nitrogen and oxygen atoms in total. The van der Waals surface area contributed by atoms with Gasteiger partial charge in [0.25, 0.3) is 0 Å². The summed E-state index contributed by atoms with van der Waals surface area (Å²) in [6.45, 7) is 15.8. The zero-order valence-corrected chi connectivity index (χ0v) is 30.0. The van der Waals surface area contributed by atoms with Crippen molar-refractivity contribution in [2.75, 3.05) is 7.11 Å². The first-order chi connectivity index (χ1) is 22.4. The van der Waals surface area contributed by atoms with Crippen molar-refractivity contribution in [2.45, 2.75) is 118 Å². The predicted molar refractivity (Wildman–Crippen MR) is 181 cm³/mol. The van der Waals surface area contributed by atoms with Crippen LogP contribution in [0.3, 0.4) is 0 Å². The summed E-state index contributed by atoms with van der Waals surface area (Å²) in [6.07, 6.45) is 11.4. The topological polar surface area (TPSA) is 130 Å². The Kier molecular flexibility index (Phi) is 8.55. The Labute approximate surface area is 285 Å². The van der Waals surface area contributed by atoms with Crippen LogP contribution in [-0.4, -0.2) is 58.5 Å². The zero-order chi connectivity index (χ0) is 35.2. The van der Waals surface area contributed by atoms with Crippen LogP contribution in [-0.2, 0) is 23.9 Å². The molecule has 0 radical (unpaired) electrons. The van der Waals surface area contributed by atoms with Crippen LogP contribution in [0.25, 0.3) is 0 Å². The number of esters is 1. The third kappa shape index (κ3) is 4.85. The molecule has 13 atom stereocenters. The normalized spacial score (nSPS) is 48.5. The molecule has 0 aromatic carbocycles. The summed E-state index contributed by atoms with van der Waals surface area (Å²) in [7, 11) is 1.39. The lowest BCUT2D eigenvalue weighted by atomic mass is 9.33. The zero-order valence-electron chi connectivity index (χ0n) is 30.0. The molecule has 6 aliphatic carbocycles. The number of carbonyl (C=O) groups is 3. The van der Waals surface area contributed by atoms with Crippen molar-refractivity contribution in [3.8, 4) is 0 Å².